The lowest BCUT2D eigenvalue weighted by Crippen LogP contribution is -2.14. The number of benzene rings is 1. The van der Waals surface area contributed by atoms with E-state index in [9.17, 15) is 18.0 Å². The molecule has 4 nitrogen and oxygen atoms in total. The van der Waals surface area contributed by atoms with Gasteiger partial charge in [-0.2, -0.15) is 0 Å². The fraction of sp³-hybridized carbons (Fsp3) is 0.385. The highest BCUT2D eigenvalue weighted by Gasteiger charge is 2.15. The van der Waals surface area contributed by atoms with Gasteiger partial charge in [0.1, 0.15) is 12.1 Å². The predicted octanol–water partition coefficient (Wildman–Crippen LogP) is 3.12. The molecule has 0 amide bonds. The van der Waals surface area contributed by atoms with Crippen molar-refractivity contribution in [1.82, 2.24) is 0 Å². The maximum absolute atomic E-state index is 13.5. The molecule has 0 aliphatic heterocycles. The summed E-state index contributed by atoms with van der Waals surface area (Å²) in [5.74, 6) is -5.12. The summed E-state index contributed by atoms with van der Waals surface area (Å²) in [6.45, 7) is 3.63. The summed E-state index contributed by atoms with van der Waals surface area (Å²) in [7, 11) is 0. The van der Waals surface area contributed by atoms with Gasteiger partial charge in [0.25, 0.3) is 0 Å². The van der Waals surface area contributed by atoms with Gasteiger partial charge in [-0.3, -0.25) is 4.79 Å². The molecule has 0 fully saturated rings. The quantitative estimate of drug-likeness (QED) is 0.362. The number of esters is 1. The molecule has 0 bridgehead atoms. The van der Waals surface area contributed by atoms with Crippen LogP contribution < -0.4 is 0 Å². The number of aliphatic imine (C=N–C) groups is 1. The van der Waals surface area contributed by atoms with Crippen molar-refractivity contribution in [3.05, 3.63) is 29.6 Å². The van der Waals surface area contributed by atoms with Crippen LogP contribution in [-0.2, 0) is 14.3 Å². The molecule has 1 aromatic rings. The molecule has 0 radical (unpaired) electrons. The van der Waals surface area contributed by atoms with Gasteiger partial charge in [-0.1, -0.05) is 0 Å². The molecule has 0 spiro atoms. The minimum absolute atomic E-state index is 0.129. The molecule has 0 saturated carbocycles. The second kappa shape index (κ2) is 7.52. The van der Waals surface area contributed by atoms with Crippen LogP contribution in [0.2, 0.25) is 0 Å². The third kappa shape index (κ3) is 4.25. The maximum atomic E-state index is 13.5. The van der Waals surface area contributed by atoms with Crippen molar-refractivity contribution in [2.45, 2.75) is 20.3 Å². The molecule has 0 aromatic heterocycles. The van der Waals surface area contributed by atoms with Crippen molar-refractivity contribution in [3.63, 3.8) is 0 Å². The van der Waals surface area contributed by atoms with Gasteiger partial charge in [-0.25, -0.2) is 18.2 Å². The smallest absolute Gasteiger partial charge is 0.315 e. The summed E-state index contributed by atoms with van der Waals surface area (Å²) >= 11 is 0. The van der Waals surface area contributed by atoms with Crippen molar-refractivity contribution < 1.29 is 27.4 Å². The molecule has 0 heterocycles. The average molecular weight is 289 g/mol. The fourth-order valence-corrected chi connectivity index (χ4v) is 1.36. The van der Waals surface area contributed by atoms with Gasteiger partial charge in [0.2, 0.25) is 0 Å². The van der Waals surface area contributed by atoms with Gasteiger partial charge in [0.05, 0.1) is 13.2 Å². The van der Waals surface area contributed by atoms with Crippen molar-refractivity contribution >= 4 is 17.6 Å². The molecule has 1 aromatic carbocycles. The summed E-state index contributed by atoms with van der Waals surface area (Å²) in [5.41, 5.74) is -0.448. The van der Waals surface area contributed by atoms with Gasteiger partial charge in [-0.15, -0.1) is 0 Å². The number of carbonyl (C=O) groups excluding carboxylic acids is 1. The van der Waals surface area contributed by atoms with E-state index in [1.807, 2.05) is 0 Å². The third-order valence-corrected chi connectivity index (χ3v) is 2.17. The molecule has 7 heteroatoms. The van der Waals surface area contributed by atoms with Crippen LogP contribution in [0.3, 0.4) is 0 Å². The monoisotopic (exact) mass is 289 g/mol. The Kier molecular flexibility index (Phi) is 6.02. The van der Waals surface area contributed by atoms with Gasteiger partial charge in [0.15, 0.2) is 23.3 Å². The molecule has 1 rings (SSSR count). The second-order valence-corrected chi connectivity index (χ2v) is 3.61. The van der Waals surface area contributed by atoms with E-state index < -0.39 is 29.1 Å². The highest BCUT2D eigenvalue weighted by molar-refractivity contribution is 5.95. The number of nitrogens with zero attached hydrogens (tertiary/aromatic N) is 1. The number of rotatable bonds is 5. The van der Waals surface area contributed by atoms with E-state index in [1.54, 1.807) is 13.8 Å². The van der Waals surface area contributed by atoms with E-state index in [0.29, 0.717) is 0 Å². The van der Waals surface area contributed by atoms with Gasteiger partial charge in [0, 0.05) is 0 Å². The Labute approximate surface area is 114 Å². The van der Waals surface area contributed by atoms with Crippen LogP contribution in [0.25, 0.3) is 0 Å². The highest BCUT2D eigenvalue weighted by Crippen LogP contribution is 2.23. The maximum Gasteiger partial charge on any atom is 0.315 e. The number of halogens is 3. The number of carbonyl (C=O) groups is 1. The summed E-state index contributed by atoms with van der Waals surface area (Å²) < 4.78 is 49.1. The number of hydrogen-bond acceptors (Lipinski definition) is 4. The Morgan fingerprint density at radius 3 is 2.35 bits per heavy atom. The second-order valence-electron chi connectivity index (χ2n) is 3.61. The lowest BCUT2D eigenvalue weighted by atomic mass is 10.3. The zero-order valence-electron chi connectivity index (χ0n) is 11.1. The van der Waals surface area contributed by atoms with Gasteiger partial charge >= 0.3 is 5.97 Å². The molecule has 110 valence electrons. The Morgan fingerprint density at radius 1 is 1.10 bits per heavy atom. The minimum atomic E-state index is -1.63. The van der Waals surface area contributed by atoms with Crippen LogP contribution in [0.1, 0.15) is 20.3 Å². The molecular formula is C13H14F3NO3. The molecule has 20 heavy (non-hydrogen) atoms. The Bertz CT molecular complexity index is 518. The lowest BCUT2D eigenvalue weighted by Gasteiger charge is -2.08. The Balaban J connectivity index is 3.02. The van der Waals surface area contributed by atoms with Crippen LogP contribution in [0.4, 0.5) is 18.9 Å². The molecule has 0 saturated heterocycles. The topological polar surface area (TPSA) is 47.9 Å². The van der Waals surface area contributed by atoms with E-state index in [0.717, 1.165) is 12.1 Å². The van der Waals surface area contributed by atoms with Crippen LogP contribution in [0, 0.1) is 17.5 Å². The van der Waals surface area contributed by atoms with E-state index in [4.69, 9.17) is 9.47 Å². The predicted molar refractivity (Wildman–Crippen MR) is 66.3 cm³/mol. The Morgan fingerprint density at radius 2 is 1.75 bits per heavy atom. The summed E-state index contributed by atoms with van der Waals surface area (Å²) in [6, 6.07) is 1.70. The number of hydrogen-bond donors (Lipinski definition) is 0. The minimum Gasteiger partial charge on any atom is -0.481 e. The molecule has 0 N–H and O–H groups in total. The first-order valence-electron chi connectivity index (χ1n) is 5.99. The van der Waals surface area contributed by atoms with Crippen LogP contribution >= 0.6 is 0 Å². The molecule has 0 unspecified atom stereocenters. The third-order valence-electron chi connectivity index (χ3n) is 2.17. The van der Waals surface area contributed by atoms with Crippen molar-refractivity contribution in [3.8, 4) is 0 Å². The average Bonchev–Trinajstić information content (AvgIpc) is 2.40. The first-order valence-corrected chi connectivity index (χ1v) is 5.99. The van der Waals surface area contributed by atoms with E-state index in [1.165, 1.54) is 0 Å². The summed E-state index contributed by atoms with van der Waals surface area (Å²) in [4.78, 5) is 15.0. The van der Waals surface area contributed by atoms with Crippen LogP contribution in [0.15, 0.2) is 17.1 Å². The SMILES string of the molecule is CCOC(=O)CC(=Nc1ccc(F)c(F)c1F)OCC. The number of ether oxygens (including phenoxy) is 2. The lowest BCUT2D eigenvalue weighted by molar-refractivity contribution is -0.141. The Hall–Kier alpha value is -2.05. The van der Waals surface area contributed by atoms with Crippen molar-refractivity contribution in [2.75, 3.05) is 13.2 Å². The zero-order chi connectivity index (χ0) is 15.1. The zero-order valence-corrected chi connectivity index (χ0v) is 11.1. The molecular weight excluding hydrogens is 275 g/mol. The van der Waals surface area contributed by atoms with Crippen LogP contribution in [0.5, 0.6) is 0 Å². The molecule has 0 aliphatic carbocycles. The van der Waals surface area contributed by atoms with E-state index in [2.05, 4.69) is 4.99 Å². The molecule has 0 aliphatic rings. The normalized spacial score (nSPS) is 11.3. The molecule has 0 atom stereocenters. The van der Waals surface area contributed by atoms with Crippen molar-refractivity contribution in [1.29, 1.82) is 0 Å². The van der Waals surface area contributed by atoms with E-state index in [-0.39, 0.29) is 25.5 Å². The highest BCUT2D eigenvalue weighted by atomic mass is 19.2. The summed E-state index contributed by atoms with van der Waals surface area (Å²) in [5, 5.41) is 0. The van der Waals surface area contributed by atoms with Crippen molar-refractivity contribution in [2.24, 2.45) is 4.99 Å². The fourth-order valence-electron chi connectivity index (χ4n) is 1.36. The standard InChI is InChI=1S/C13H14F3NO3/c1-3-19-10(7-11(18)20-4-2)17-9-6-5-8(14)12(15)13(9)16/h5-6H,3-4,7H2,1-2H3. The first-order chi connectivity index (χ1) is 9.49. The van der Waals surface area contributed by atoms with Crippen LogP contribution in [-0.4, -0.2) is 25.1 Å². The largest absolute Gasteiger partial charge is 0.481 e. The summed E-state index contributed by atoms with van der Waals surface area (Å²) in [6.07, 6.45) is -0.319. The van der Waals surface area contributed by atoms with Gasteiger partial charge < -0.3 is 9.47 Å². The van der Waals surface area contributed by atoms with E-state index >= 15 is 0 Å². The van der Waals surface area contributed by atoms with Gasteiger partial charge in [-0.05, 0) is 26.0 Å². The first kappa shape index (κ1) is 16.0.